The van der Waals surface area contributed by atoms with E-state index in [1.54, 1.807) is 6.07 Å². The normalized spacial score (nSPS) is 10.2. The predicted molar refractivity (Wildman–Crippen MR) is 65.3 cm³/mol. The van der Waals surface area contributed by atoms with Crippen LogP contribution < -0.4 is 10.5 Å². The summed E-state index contributed by atoms with van der Waals surface area (Å²) in [5.74, 6) is -2.15. The van der Waals surface area contributed by atoms with Crippen LogP contribution >= 0.6 is 0 Å². The lowest BCUT2D eigenvalue weighted by molar-refractivity contribution is 0.0691. The van der Waals surface area contributed by atoms with E-state index in [0.717, 1.165) is 0 Å². The molecule has 0 saturated carbocycles. The van der Waals surface area contributed by atoms with Crippen molar-refractivity contribution in [1.29, 1.82) is 0 Å². The number of hydrogen-bond acceptors (Lipinski definition) is 5. The average molecular weight is 263 g/mol. The number of hydrogen-bond donors (Lipinski definition) is 2. The molecule has 7 heteroatoms. The van der Waals surface area contributed by atoms with Crippen LogP contribution in [-0.4, -0.2) is 28.2 Å². The molecular weight excluding hydrogens is 253 g/mol. The van der Waals surface area contributed by atoms with E-state index in [9.17, 15) is 9.18 Å². The molecule has 3 N–H and O–H groups in total. The van der Waals surface area contributed by atoms with Crippen LogP contribution in [0, 0.1) is 5.82 Å². The number of nitrogens with two attached hydrogens (primary N) is 1. The first-order valence-corrected chi connectivity index (χ1v) is 5.23. The second-order valence-electron chi connectivity index (χ2n) is 3.62. The van der Waals surface area contributed by atoms with Gasteiger partial charge in [-0.3, -0.25) is 0 Å². The van der Waals surface area contributed by atoms with Crippen LogP contribution in [0.3, 0.4) is 0 Å². The number of carbonyl (C=O) groups is 1. The van der Waals surface area contributed by atoms with Crippen molar-refractivity contribution in [3.63, 3.8) is 0 Å². The SMILES string of the molecule is COc1cccc(-c2cnc(N)c(C(=O)O)n2)c1F. The van der Waals surface area contributed by atoms with Gasteiger partial charge in [0.05, 0.1) is 19.0 Å². The fraction of sp³-hybridized carbons (Fsp3) is 0.0833. The minimum Gasteiger partial charge on any atom is -0.494 e. The van der Waals surface area contributed by atoms with Crippen molar-refractivity contribution in [2.24, 2.45) is 0 Å². The second kappa shape index (κ2) is 4.89. The fourth-order valence-electron chi connectivity index (χ4n) is 1.55. The number of rotatable bonds is 3. The zero-order valence-electron chi connectivity index (χ0n) is 9.92. The van der Waals surface area contributed by atoms with Gasteiger partial charge in [0, 0.05) is 5.56 Å². The monoisotopic (exact) mass is 263 g/mol. The first-order chi connectivity index (χ1) is 9.04. The predicted octanol–water partition coefficient (Wildman–Crippen LogP) is 1.57. The third kappa shape index (κ3) is 2.30. The van der Waals surface area contributed by atoms with Gasteiger partial charge in [-0.2, -0.15) is 0 Å². The largest absolute Gasteiger partial charge is 0.494 e. The van der Waals surface area contributed by atoms with Crippen LogP contribution in [0.25, 0.3) is 11.3 Å². The molecule has 0 aliphatic rings. The van der Waals surface area contributed by atoms with Crippen molar-refractivity contribution in [2.75, 3.05) is 12.8 Å². The molecule has 0 aliphatic heterocycles. The first kappa shape index (κ1) is 12.7. The van der Waals surface area contributed by atoms with Gasteiger partial charge in [-0.1, -0.05) is 6.07 Å². The average Bonchev–Trinajstić information content (AvgIpc) is 2.39. The van der Waals surface area contributed by atoms with E-state index in [1.807, 2.05) is 0 Å². The van der Waals surface area contributed by atoms with Gasteiger partial charge in [0.2, 0.25) is 0 Å². The number of aromatic carboxylic acids is 1. The smallest absolute Gasteiger partial charge is 0.358 e. The van der Waals surface area contributed by atoms with Gasteiger partial charge < -0.3 is 15.6 Å². The zero-order chi connectivity index (χ0) is 14.0. The Hall–Kier alpha value is -2.70. The van der Waals surface area contributed by atoms with Crippen LogP contribution in [0.15, 0.2) is 24.4 Å². The maximum atomic E-state index is 14.0. The Kier molecular flexibility index (Phi) is 3.28. The highest BCUT2D eigenvalue weighted by atomic mass is 19.1. The summed E-state index contributed by atoms with van der Waals surface area (Å²) in [4.78, 5) is 18.4. The topological polar surface area (TPSA) is 98.3 Å². The zero-order valence-corrected chi connectivity index (χ0v) is 9.92. The van der Waals surface area contributed by atoms with Crippen LogP contribution in [0.5, 0.6) is 5.75 Å². The number of ether oxygens (including phenoxy) is 1. The maximum Gasteiger partial charge on any atom is 0.358 e. The van der Waals surface area contributed by atoms with E-state index in [4.69, 9.17) is 15.6 Å². The molecule has 0 unspecified atom stereocenters. The van der Waals surface area contributed by atoms with Crippen molar-refractivity contribution in [1.82, 2.24) is 9.97 Å². The number of aromatic nitrogens is 2. The highest BCUT2D eigenvalue weighted by molar-refractivity contribution is 5.90. The van der Waals surface area contributed by atoms with Crippen molar-refractivity contribution < 1.29 is 19.0 Å². The Morgan fingerprint density at radius 2 is 2.21 bits per heavy atom. The lowest BCUT2D eigenvalue weighted by atomic mass is 10.1. The number of nitrogen functional groups attached to an aromatic ring is 1. The molecule has 0 saturated heterocycles. The van der Waals surface area contributed by atoms with E-state index in [2.05, 4.69) is 9.97 Å². The number of anilines is 1. The quantitative estimate of drug-likeness (QED) is 0.872. The summed E-state index contributed by atoms with van der Waals surface area (Å²) in [5, 5.41) is 8.91. The molecule has 19 heavy (non-hydrogen) atoms. The van der Waals surface area contributed by atoms with Gasteiger partial charge in [-0.15, -0.1) is 0 Å². The van der Waals surface area contributed by atoms with Crippen molar-refractivity contribution in [3.8, 4) is 17.0 Å². The number of methoxy groups -OCH3 is 1. The Morgan fingerprint density at radius 1 is 1.47 bits per heavy atom. The van der Waals surface area contributed by atoms with E-state index < -0.39 is 17.5 Å². The van der Waals surface area contributed by atoms with Crippen molar-refractivity contribution in [3.05, 3.63) is 35.9 Å². The Balaban J connectivity index is 2.60. The third-order valence-electron chi connectivity index (χ3n) is 2.46. The number of nitrogens with zero attached hydrogens (tertiary/aromatic N) is 2. The molecule has 1 aromatic carbocycles. The molecule has 0 radical (unpaired) electrons. The van der Waals surface area contributed by atoms with E-state index in [1.165, 1.54) is 25.4 Å². The molecule has 0 spiro atoms. The minimum atomic E-state index is -1.32. The number of carboxylic acids is 1. The van der Waals surface area contributed by atoms with Crippen LogP contribution in [0.4, 0.5) is 10.2 Å². The number of carboxylic acid groups (broad SMARTS) is 1. The molecule has 1 aromatic heterocycles. The molecule has 0 atom stereocenters. The van der Waals surface area contributed by atoms with Gasteiger partial charge >= 0.3 is 5.97 Å². The summed E-state index contributed by atoms with van der Waals surface area (Å²) < 4.78 is 18.9. The van der Waals surface area contributed by atoms with E-state index in [0.29, 0.717) is 0 Å². The number of halogens is 1. The maximum absolute atomic E-state index is 14.0. The van der Waals surface area contributed by atoms with Gasteiger partial charge in [-0.25, -0.2) is 19.2 Å². The second-order valence-corrected chi connectivity index (χ2v) is 3.62. The standard InChI is InChI=1S/C12H10FN3O3/c1-19-8-4-2-3-6(9(8)13)7-5-15-11(14)10(16-7)12(17)18/h2-5H,1H3,(H2,14,15)(H,17,18). The summed E-state index contributed by atoms with van der Waals surface area (Å²) in [6.07, 6.45) is 1.21. The molecule has 6 nitrogen and oxygen atoms in total. The Morgan fingerprint density at radius 3 is 2.84 bits per heavy atom. The molecule has 2 rings (SSSR count). The van der Waals surface area contributed by atoms with Crippen LogP contribution in [-0.2, 0) is 0 Å². The summed E-state index contributed by atoms with van der Waals surface area (Å²) >= 11 is 0. The van der Waals surface area contributed by atoms with Crippen molar-refractivity contribution >= 4 is 11.8 Å². The summed E-state index contributed by atoms with van der Waals surface area (Å²) in [6.45, 7) is 0. The highest BCUT2D eigenvalue weighted by Crippen LogP contribution is 2.27. The summed E-state index contributed by atoms with van der Waals surface area (Å²) in [6, 6.07) is 4.46. The van der Waals surface area contributed by atoms with Crippen molar-refractivity contribution in [2.45, 2.75) is 0 Å². The molecular formula is C12H10FN3O3. The highest BCUT2D eigenvalue weighted by Gasteiger charge is 2.16. The third-order valence-corrected chi connectivity index (χ3v) is 2.46. The fourth-order valence-corrected chi connectivity index (χ4v) is 1.55. The van der Waals surface area contributed by atoms with Gasteiger partial charge in [0.25, 0.3) is 0 Å². The van der Waals surface area contributed by atoms with Gasteiger partial charge in [0.15, 0.2) is 23.1 Å². The number of benzene rings is 1. The lowest BCUT2D eigenvalue weighted by Gasteiger charge is -2.07. The van der Waals surface area contributed by atoms with Crippen LogP contribution in [0.1, 0.15) is 10.5 Å². The van der Waals surface area contributed by atoms with Crippen LogP contribution in [0.2, 0.25) is 0 Å². The summed E-state index contributed by atoms with van der Waals surface area (Å²) in [5.41, 5.74) is 5.14. The Bertz CT molecular complexity index is 646. The first-order valence-electron chi connectivity index (χ1n) is 5.23. The van der Waals surface area contributed by atoms with E-state index in [-0.39, 0.29) is 22.8 Å². The van der Waals surface area contributed by atoms with Gasteiger partial charge in [-0.05, 0) is 12.1 Å². The molecule has 1 heterocycles. The minimum absolute atomic E-state index is 0.0352. The van der Waals surface area contributed by atoms with Gasteiger partial charge in [0.1, 0.15) is 0 Å². The van der Waals surface area contributed by atoms with E-state index >= 15 is 0 Å². The lowest BCUT2D eigenvalue weighted by Crippen LogP contribution is -2.08. The molecule has 0 fully saturated rings. The molecule has 0 aliphatic carbocycles. The molecule has 2 aromatic rings. The molecule has 0 bridgehead atoms. The Labute approximate surface area is 107 Å². The molecule has 98 valence electrons. The molecule has 0 amide bonds. The summed E-state index contributed by atoms with van der Waals surface area (Å²) in [7, 11) is 1.33.